The van der Waals surface area contributed by atoms with Gasteiger partial charge in [0.25, 0.3) is 0 Å². The second-order valence-electron chi connectivity index (χ2n) is 4.82. The number of ether oxygens (including phenoxy) is 4. The first-order valence-corrected chi connectivity index (χ1v) is 6.79. The van der Waals surface area contributed by atoms with E-state index in [-0.39, 0.29) is 0 Å². The van der Waals surface area contributed by atoms with E-state index in [9.17, 15) is 4.79 Å². The Morgan fingerprint density at radius 3 is 2.36 bits per heavy atom. The zero-order valence-corrected chi connectivity index (χ0v) is 12.6. The molecule has 0 saturated carbocycles. The van der Waals surface area contributed by atoms with Crippen LogP contribution in [0.2, 0.25) is 0 Å². The predicted molar refractivity (Wildman–Crippen MR) is 79.8 cm³/mol. The number of fused-ring (bicyclic) bond motifs is 1. The Morgan fingerprint density at radius 1 is 0.909 bits per heavy atom. The van der Waals surface area contributed by atoms with Crippen LogP contribution >= 0.6 is 0 Å². The van der Waals surface area contributed by atoms with Gasteiger partial charge >= 0.3 is 5.97 Å². The smallest absolute Gasteiger partial charge is 0.343 e. The van der Waals surface area contributed by atoms with Gasteiger partial charge in [0.05, 0.1) is 21.3 Å². The predicted octanol–water partition coefficient (Wildman–Crippen LogP) is 2.97. The topological polar surface area (TPSA) is 54.0 Å². The third kappa shape index (κ3) is 2.15. The molecular weight excluding hydrogens is 284 g/mol. The first-order chi connectivity index (χ1) is 10.7. The lowest BCUT2D eigenvalue weighted by atomic mass is 9.97. The number of rotatable bonds is 4. The van der Waals surface area contributed by atoms with E-state index in [1.807, 2.05) is 18.2 Å². The van der Waals surface area contributed by atoms with Gasteiger partial charge < -0.3 is 18.9 Å². The van der Waals surface area contributed by atoms with Crippen LogP contribution in [0.1, 0.15) is 27.6 Å². The molecule has 0 saturated heterocycles. The molecule has 0 spiro atoms. The Hall–Kier alpha value is -2.69. The van der Waals surface area contributed by atoms with Crippen molar-refractivity contribution in [2.24, 2.45) is 0 Å². The molecule has 0 fully saturated rings. The standard InChI is InChI=1S/C17H16O5/c1-19-10-7-8-13(20-2)12(9-10)16-11-5-4-6-14(21-3)15(11)17(18)22-16/h4-9,16H,1-3H3. The van der Waals surface area contributed by atoms with Gasteiger partial charge in [-0.05, 0) is 24.3 Å². The summed E-state index contributed by atoms with van der Waals surface area (Å²) in [6.45, 7) is 0. The molecule has 0 N–H and O–H groups in total. The lowest BCUT2D eigenvalue weighted by Gasteiger charge is -2.16. The molecule has 1 aliphatic heterocycles. The average Bonchev–Trinajstić information content (AvgIpc) is 2.91. The van der Waals surface area contributed by atoms with Crippen molar-refractivity contribution in [1.82, 2.24) is 0 Å². The van der Waals surface area contributed by atoms with Crippen LogP contribution in [0.15, 0.2) is 36.4 Å². The third-order valence-corrected chi connectivity index (χ3v) is 3.71. The summed E-state index contributed by atoms with van der Waals surface area (Å²) in [5.74, 6) is 1.41. The molecule has 114 valence electrons. The quantitative estimate of drug-likeness (QED) is 0.813. The minimum atomic E-state index is -0.539. The Bertz CT molecular complexity index is 723. The summed E-state index contributed by atoms with van der Waals surface area (Å²) in [4.78, 5) is 12.2. The molecule has 1 atom stereocenters. The molecule has 0 aliphatic carbocycles. The maximum Gasteiger partial charge on any atom is 0.343 e. The summed E-state index contributed by atoms with van der Waals surface area (Å²) in [5.41, 5.74) is 1.96. The van der Waals surface area contributed by atoms with E-state index in [4.69, 9.17) is 18.9 Å². The van der Waals surface area contributed by atoms with Crippen molar-refractivity contribution in [3.05, 3.63) is 53.1 Å². The fourth-order valence-corrected chi connectivity index (χ4v) is 2.66. The maximum atomic E-state index is 12.2. The van der Waals surface area contributed by atoms with Crippen LogP contribution < -0.4 is 14.2 Å². The molecule has 22 heavy (non-hydrogen) atoms. The molecular formula is C17H16O5. The van der Waals surface area contributed by atoms with E-state index < -0.39 is 12.1 Å². The number of carbonyl (C=O) groups excluding carboxylic acids is 1. The molecule has 2 aromatic carbocycles. The summed E-state index contributed by atoms with van der Waals surface area (Å²) in [6, 6.07) is 10.8. The average molecular weight is 300 g/mol. The molecule has 2 aromatic rings. The van der Waals surface area contributed by atoms with Crippen LogP contribution in [0.25, 0.3) is 0 Å². The molecule has 5 nitrogen and oxygen atoms in total. The highest BCUT2D eigenvalue weighted by Crippen LogP contribution is 2.43. The van der Waals surface area contributed by atoms with Gasteiger partial charge in [-0.3, -0.25) is 0 Å². The van der Waals surface area contributed by atoms with Crippen molar-refractivity contribution >= 4 is 5.97 Å². The van der Waals surface area contributed by atoms with Crippen molar-refractivity contribution in [3.63, 3.8) is 0 Å². The highest BCUT2D eigenvalue weighted by Gasteiger charge is 2.36. The van der Waals surface area contributed by atoms with Crippen LogP contribution in [0.4, 0.5) is 0 Å². The number of esters is 1. The van der Waals surface area contributed by atoms with Gasteiger partial charge in [-0.15, -0.1) is 0 Å². The van der Waals surface area contributed by atoms with Crippen molar-refractivity contribution in [3.8, 4) is 17.2 Å². The minimum Gasteiger partial charge on any atom is -0.497 e. The van der Waals surface area contributed by atoms with Crippen molar-refractivity contribution < 1.29 is 23.7 Å². The van der Waals surface area contributed by atoms with Crippen molar-refractivity contribution in [1.29, 1.82) is 0 Å². The van der Waals surface area contributed by atoms with Gasteiger partial charge in [-0.1, -0.05) is 12.1 Å². The van der Waals surface area contributed by atoms with Crippen LogP contribution in [-0.4, -0.2) is 27.3 Å². The first kappa shape index (κ1) is 14.3. The number of cyclic esters (lactones) is 1. The van der Waals surface area contributed by atoms with Gasteiger partial charge in [0, 0.05) is 11.1 Å². The fourth-order valence-electron chi connectivity index (χ4n) is 2.66. The Morgan fingerprint density at radius 2 is 1.68 bits per heavy atom. The van der Waals surface area contributed by atoms with Crippen LogP contribution in [0.3, 0.4) is 0 Å². The zero-order chi connectivity index (χ0) is 15.7. The molecule has 1 aliphatic rings. The molecule has 0 bridgehead atoms. The number of carbonyl (C=O) groups is 1. The summed E-state index contributed by atoms with van der Waals surface area (Å²) < 4.78 is 21.4. The van der Waals surface area contributed by atoms with E-state index >= 15 is 0 Å². The first-order valence-electron chi connectivity index (χ1n) is 6.79. The van der Waals surface area contributed by atoms with Gasteiger partial charge in [0.1, 0.15) is 22.8 Å². The van der Waals surface area contributed by atoms with Crippen LogP contribution in [-0.2, 0) is 4.74 Å². The van der Waals surface area contributed by atoms with Gasteiger partial charge in [-0.25, -0.2) is 4.79 Å². The fraction of sp³-hybridized carbons (Fsp3) is 0.235. The number of hydrogen-bond acceptors (Lipinski definition) is 5. The summed E-state index contributed by atoms with van der Waals surface area (Å²) in [5, 5.41) is 0. The molecule has 0 aromatic heterocycles. The van der Waals surface area contributed by atoms with Crippen molar-refractivity contribution in [2.45, 2.75) is 6.10 Å². The molecule has 3 rings (SSSR count). The Kier molecular flexibility index (Phi) is 3.63. The second-order valence-corrected chi connectivity index (χ2v) is 4.82. The van der Waals surface area contributed by atoms with E-state index in [1.165, 1.54) is 7.11 Å². The number of hydrogen-bond donors (Lipinski definition) is 0. The highest BCUT2D eigenvalue weighted by molar-refractivity contribution is 5.97. The third-order valence-electron chi connectivity index (χ3n) is 3.71. The second kappa shape index (κ2) is 5.60. The van der Waals surface area contributed by atoms with Crippen LogP contribution in [0, 0.1) is 0 Å². The molecule has 0 amide bonds. The van der Waals surface area contributed by atoms with E-state index in [2.05, 4.69) is 0 Å². The highest BCUT2D eigenvalue weighted by atomic mass is 16.6. The van der Waals surface area contributed by atoms with E-state index in [1.54, 1.807) is 32.4 Å². The summed E-state index contributed by atoms with van der Waals surface area (Å²) >= 11 is 0. The maximum absolute atomic E-state index is 12.2. The summed E-state index contributed by atoms with van der Waals surface area (Å²) in [7, 11) is 4.69. The zero-order valence-electron chi connectivity index (χ0n) is 12.6. The molecule has 0 radical (unpaired) electrons. The summed E-state index contributed by atoms with van der Waals surface area (Å²) in [6.07, 6.45) is -0.539. The van der Waals surface area contributed by atoms with E-state index in [0.717, 1.165) is 11.1 Å². The van der Waals surface area contributed by atoms with Gasteiger partial charge in [0.2, 0.25) is 0 Å². The Balaban J connectivity index is 2.15. The number of methoxy groups -OCH3 is 3. The van der Waals surface area contributed by atoms with Crippen molar-refractivity contribution in [2.75, 3.05) is 21.3 Å². The SMILES string of the molecule is COc1ccc(OC)c(C2OC(=O)c3c(OC)cccc32)c1. The van der Waals surface area contributed by atoms with Gasteiger partial charge in [-0.2, -0.15) is 0 Å². The molecule has 1 heterocycles. The number of benzene rings is 2. The van der Waals surface area contributed by atoms with E-state index in [0.29, 0.717) is 22.8 Å². The van der Waals surface area contributed by atoms with Gasteiger partial charge in [0.15, 0.2) is 6.10 Å². The lowest BCUT2D eigenvalue weighted by molar-refractivity contribution is 0.0450. The monoisotopic (exact) mass is 300 g/mol. The normalized spacial score (nSPS) is 16.0. The minimum absolute atomic E-state index is 0.401. The molecule has 5 heteroatoms. The molecule has 1 unspecified atom stereocenters. The lowest BCUT2D eigenvalue weighted by Crippen LogP contribution is -2.03. The largest absolute Gasteiger partial charge is 0.497 e. The van der Waals surface area contributed by atoms with Crippen LogP contribution in [0.5, 0.6) is 17.2 Å². The Labute approximate surface area is 128 Å².